The van der Waals surface area contributed by atoms with Crippen molar-refractivity contribution in [3.05, 3.63) is 59.4 Å². The number of nitrogens with zero attached hydrogens (tertiary/aromatic N) is 1. The molecule has 0 aliphatic rings. The van der Waals surface area contributed by atoms with Crippen molar-refractivity contribution >= 4 is 34.1 Å². The van der Waals surface area contributed by atoms with E-state index in [1.165, 1.54) is 12.1 Å². The molecule has 0 atom stereocenters. The van der Waals surface area contributed by atoms with E-state index in [1.807, 2.05) is 37.3 Å². The summed E-state index contributed by atoms with van der Waals surface area (Å²) in [7, 11) is 0. The summed E-state index contributed by atoms with van der Waals surface area (Å²) in [5.41, 5.74) is 15.5. The number of nitrogen functional groups attached to an aromatic ring is 2. The minimum absolute atomic E-state index is 0.0183. The second-order valence-electron chi connectivity index (χ2n) is 6.15. The summed E-state index contributed by atoms with van der Waals surface area (Å²) >= 11 is 6.00. The number of furan rings is 1. The summed E-state index contributed by atoms with van der Waals surface area (Å²) in [6.07, 6.45) is 0. The van der Waals surface area contributed by atoms with E-state index >= 15 is 0 Å². The van der Waals surface area contributed by atoms with E-state index in [0.717, 1.165) is 5.56 Å². The van der Waals surface area contributed by atoms with E-state index in [4.69, 9.17) is 32.2 Å². The highest BCUT2D eigenvalue weighted by atomic mass is 35.5. The minimum Gasteiger partial charge on any atom is -0.477 e. The highest BCUT2D eigenvalue weighted by Gasteiger charge is 2.25. The molecule has 0 bridgehead atoms. The third kappa shape index (κ3) is 2.92. The van der Waals surface area contributed by atoms with Crippen molar-refractivity contribution in [3.63, 3.8) is 0 Å². The zero-order valence-electron chi connectivity index (χ0n) is 15.0. The molecule has 0 radical (unpaired) electrons. The summed E-state index contributed by atoms with van der Waals surface area (Å²) < 4.78 is 25.3. The molecular formula is C21H17ClFN3O2. The van der Waals surface area contributed by atoms with Crippen LogP contribution in [-0.2, 0) is 0 Å². The first-order chi connectivity index (χ1) is 13.5. The molecule has 0 unspecified atom stereocenters. The van der Waals surface area contributed by atoms with Crippen LogP contribution in [-0.4, -0.2) is 11.6 Å². The summed E-state index contributed by atoms with van der Waals surface area (Å²) in [5, 5.41) is 0.535. The molecule has 0 spiro atoms. The van der Waals surface area contributed by atoms with E-state index in [1.54, 1.807) is 6.07 Å². The Balaban J connectivity index is 2.12. The van der Waals surface area contributed by atoms with Gasteiger partial charge in [-0.2, -0.15) is 0 Å². The van der Waals surface area contributed by atoms with E-state index in [2.05, 4.69) is 4.98 Å². The van der Waals surface area contributed by atoms with Crippen molar-refractivity contribution in [3.8, 4) is 28.3 Å². The zero-order chi connectivity index (χ0) is 19.8. The molecule has 2 heterocycles. The lowest BCUT2D eigenvalue weighted by molar-refractivity contribution is 0.329. The lowest BCUT2D eigenvalue weighted by atomic mass is 9.99. The molecule has 5 nitrogen and oxygen atoms in total. The molecule has 0 saturated heterocycles. The van der Waals surface area contributed by atoms with Crippen LogP contribution in [0.15, 0.2) is 52.9 Å². The molecule has 4 N–H and O–H groups in total. The fraction of sp³-hybridized carbons (Fsp3) is 0.0952. The van der Waals surface area contributed by atoms with Crippen LogP contribution in [0.5, 0.6) is 5.88 Å². The monoisotopic (exact) mass is 397 g/mol. The second kappa shape index (κ2) is 7.05. The highest BCUT2D eigenvalue weighted by molar-refractivity contribution is 6.31. The Hall–Kier alpha value is -3.25. The maximum Gasteiger partial charge on any atom is 0.222 e. The minimum atomic E-state index is -0.520. The number of hydrogen-bond acceptors (Lipinski definition) is 5. The van der Waals surface area contributed by atoms with Gasteiger partial charge >= 0.3 is 0 Å². The van der Waals surface area contributed by atoms with Crippen molar-refractivity contribution in [2.45, 2.75) is 6.92 Å². The van der Waals surface area contributed by atoms with Crippen LogP contribution in [0.25, 0.3) is 33.4 Å². The SMILES string of the molecule is CCOc1nc(-c2ccccc2)c2oc(N)c(N)c2c1-c1ccc(F)c(Cl)c1. The molecule has 0 aliphatic carbocycles. The Morgan fingerprint density at radius 3 is 2.54 bits per heavy atom. The third-order valence-corrected chi connectivity index (χ3v) is 4.69. The molecule has 142 valence electrons. The molecular weight excluding hydrogens is 381 g/mol. The molecule has 2 aromatic carbocycles. The second-order valence-corrected chi connectivity index (χ2v) is 6.56. The number of fused-ring (bicyclic) bond motifs is 1. The summed E-state index contributed by atoms with van der Waals surface area (Å²) in [6.45, 7) is 2.23. The maximum atomic E-state index is 13.7. The normalized spacial score (nSPS) is 11.1. The molecule has 0 aliphatic heterocycles. The standard InChI is InChI=1S/C21H17ClFN3O2/c1-2-27-21-15(12-8-9-14(23)13(22)10-12)16-17(24)20(25)28-19(16)18(26-21)11-6-4-3-5-7-11/h3-10H,2,24-25H2,1H3. The van der Waals surface area contributed by atoms with Crippen LogP contribution in [0.2, 0.25) is 5.02 Å². The van der Waals surface area contributed by atoms with Crippen LogP contribution in [0, 0.1) is 5.82 Å². The van der Waals surface area contributed by atoms with Gasteiger partial charge < -0.3 is 20.6 Å². The molecule has 4 rings (SSSR count). The Labute approximate surface area is 165 Å². The number of pyridine rings is 1. The third-order valence-electron chi connectivity index (χ3n) is 4.40. The van der Waals surface area contributed by atoms with E-state index in [0.29, 0.717) is 40.3 Å². The topological polar surface area (TPSA) is 87.3 Å². The summed E-state index contributed by atoms with van der Waals surface area (Å²) in [5.74, 6) is -0.103. The number of anilines is 2. The average molecular weight is 398 g/mol. The fourth-order valence-electron chi connectivity index (χ4n) is 3.14. The van der Waals surface area contributed by atoms with Gasteiger partial charge in [0.25, 0.3) is 0 Å². The van der Waals surface area contributed by atoms with Crippen molar-refractivity contribution in [1.82, 2.24) is 4.98 Å². The van der Waals surface area contributed by atoms with Gasteiger partial charge in [0.05, 0.1) is 22.6 Å². The quantitative estimate of drug-likeness (QED) is 0.473. The Morgan fingerprint density at radius 1 is 1.11 bits per heavy atom. The highest BCUT2D eigenvalue weighted by Crippen LogP contribution is 2.46. The van der Waals surface area contributed by atoms with E-state index in [9.17, 15) is 4.39 Å². The Morgan fingerprint density at radius 2 is 1.86 bits per heavy atom. The summed E-state index contributed by atoms with van der Waals surface area (Å²) in [4.78, 5) is 4.68. The van der Waals surface area contributed by atoms with Crippen molar-refractivity contribution in [2.24, 2.45) is 0 Å². The molecule has 4 aromatic rings. The maximum absolute atomic E-state index is 13.7. The lowest BCUT2D eigenvalue weighted by Gasteiger charge is -2.14. The molecule has 0 amide bonds. The van der Waals surface area contributed by atoms with Crippen LogP contribution in [0.1, 0.15) is 6.92 Å². The number of nitrogens with two attached hydrogens (primary N) is 2. The van der Waals surface area contributed by atoms with Crippen molar-refractivity contribution in [2.75, 3.05) is 18.1 Å². The van der Waals surface area contributed by atoms with Gasteiger partial charge in [-0.05, 0) is 24.6 Å². The molecule has 28 heavy (non-hydrogen) atoms. The molecule has 7 heteroatoms. The van der Waals surface area contributed by atoms with E-state index < -0.39 is 5.82 Å². The summed E-state index contributed by atoms with van der Waals surface area (Å²) in [6, 6.07) is 13.9. The molecule has 2 aromatic heterocycles. The van der Waals surface area contributed by atoms with Gasteiger partial charge in [-0.3, -0.25) is 0 Å². The fourth-order valence-corrected chi connectivity index (χ4v) is 3.32. The van der Waals surface area contributed by atoms with Gasteiger partial charge in [-0.25, -0.2) is 9.37 Å². The smallest absolute Gasteiger partial charge is 0.222 e. The van der Waals surface area contributed by atoms with Gasteiger partial charge in [0, 0.05) is 5.56 Å². The van der Waals surface area contributed by atoms with Crippen molar-refractivity contribution in [1.29, 1.82) is 0 Å². The van der Waals surface area contributed by atoms with Gasteiger partial charge in [-0.15, -0.1) is 0 Å². The van der Waals surface area contributed by atoms with Crippen LogP contribution in [0.3, 0.4) is 0 Å². The first-order valence-electron chi connectivity index (χ1n) is 8.66. The predicted molar refractivity (Wildman–Crippen MR) is 110 cm³/mol. The van der Waals surface area contributed by atoms with Crippen LogP contribution < -0.4 is 16.2 Å². The zero-order valence-corrected chi connectivity index (χ0v) is 15.8. The van der Waals surface area contributed by atoms with Crippen molar-refractivity contribution < 1.29 is 13.5 Å². The van der Waals surface area contributed by atoms with E-state index in [-0.39, 0.29) is 16.6 Å². The lowest BCUT2D eigenvalue weighted by Crippen LogP contribution is -2.01. The van der Waals surface area contributed by atoms with Crippen LogP contribution >= 0.6 is 11.6 Å². The van der Waals surface area contributed by atoms with Crippen LogP contribution in [0.4, 0.5) is 16.0 Å². The first kappa shape index (κ1) is 18.1. The van der Waals surface area contributed by atoms with Gasteiger partial charge in [0.15, 0.2) is 5.58 Å². The molecule has 0 fully saturated rings. The number of rotatable bonds is 4. The van der Waals surface area contributed by atoms with Gasteiger partial charge in [-0.1, -0.05) is 48.0 Å². The Kier molecular flexibility index (Phi) is 4.57. The van der Waals surface area contributed by atoms with Gasteiger partial charge in [0.2, 0.25) is 11.8 Å². The van der Waals surface area contributed by atoms with Gasteiger partial charge in [0.1, 0.15) is 17.2 Å². The predicted octanol–water partition coefficient (Wildman–Crippen LogP) is 5.52. The Bertz CT molecular complexity index is 1180. The number of ether oxygens (including phenoxy) is 1. The number of aromatic nitrogens is 1. The number of benzene rings is 2. The largest absolute Gasteiger partial charge is 0.477 e. The molecule has 0 saturated carbocycles. The number of hydrogen-bond donors (Lipinski definition) is 2. The average Bonchev–Trinajstić information content (AvgIpc) is 2.99. The first-order valence-corrected chi connectivity index (χ1v) is 9.04. The number of halogens is 2.